The van der Waals surface area contributed by atoms with Gasteiger partial charge in [0, 0.05) is 12.1 Å². The molecule has 0 aromatic heterocycles. The highest BCUT2D eigenvalue weighted by molar-refractivity contribution is 6.67. The molecule has 1 fully saturated rings. The number of amides is 2. The van der Waals surface area contributed by atoms with Crippen LogP contribution in [0.5, 0.6) is 0 Å². The average Bonchev–Trinajstić information content (AvgIpc) is 2.96. The van der Waals surface area contributed by atoms with Crippen molar-refractivity contribution in [1.82, 2.24) is 10.2 Å². The van der Waals surface area contributed by atoms with E-state index in [9.17, 15) is 14.7 Å². The molecule has 6 nitrogen and oxygen atoms in total. The molecule has 1 aromatic rings. The molecule has 0 bridgehead atoms. The lowest BCUT2D eigenvalue weighted by molar-refractivity contribution is 0.0249. The van der Waals surface area contributed by atoms with Crippen molar-refractivity contribution in [2.24, 2.45) is 0 Å². The first kappa shape index (κ1) is 19.1. The zero-order valence-electron chi connectivity index (χ0n) is 12.7. The SMILES string of the molecule is O=C(NC1(CO)CCCN1C(=O)c1ccccc1)OCC(Cl)(Cl)Cl. The van der Waals surface area contributed by atoms with Gasteiger partial charge in [-0.25, -0.2) is 4.79 Å². The number of alkyl carbamates (subject to hydrolysis) is 1. The average molecular weight is 396 g/mol. The van der Waals surface area contributed by atoms with Crippen molar-refractivity contribution >= 4 is 46.8 Å². The number of halogens is 3. The lowest BCUT2D eigenvalue weighted by Gasteiger charge is -2.37. The van der Waals surface area contributed by atoms with Crippen LogP contribution in [-0.4, -0.2) is 51.2 Å². The molecule has 9 heteroatoms. The van der Waals surface area contributed by atoms with Crippen LogP contribution in [0.25, 0.3) is 0 Å². The highest BCUT2D eigenvalue weighted by Crippen LogP contribution is 2.29. The molecule has 1 aromatic carbocycles. The highest BCUT2D eigenvalue weighted by Gasteiger charge is 2.45. The maximum absolute atomic E-state index is 12.7. The normalized spacial score (nSPS) is 20.8. The summed E-state index contributed by atoms with van der Waals surface area (Å²) in [6.07, 6.45) is 0.151. The molecule has 0 spiro atoms. The zero-order valence-corrected chi connectivity index (χ0v) is 14.9. The molecule has 1 aliphatic heterocycles. The molecule has 2 rings (SSSR count). The highest BCUT2D eigenvalue weighted by atomic mass is 35.6. The van der Waals surface area contributed by atoms with E-state index in [-0.39, 0.29) is 5.91 Å². The Kier molecular flexibility index (Phi) is 6.20. The van der Waals surface area contributed by atoms with Crippen LogP contribution in [0.15, 0.2) is 30.3 Å². The van der Waals surface area contributed by atoms with Gasteiger partial charge in [-0.2, -0.15) is 0 Å². The number of nitrogens with zero attached hydrogens (tertiary/aromatic N) is 1. The van der Waals surface area contributed by atoms with Crippen molar-refractivity contribution in [3.05, 3.63) is 35.9 Å². The number of ether oxygens (including phenoxy) is 1. The molecule has 1 unspecified atom stereocenters. The summed E-state index contributed by atoms with van der Waals surface area (Å²) < 4.78 is 3.10. The Balaban J connectivity index is 2.11. The fourth-order valence-electron chi connectivity index (χ4n) is 2.62. The van der Waals surface area contributed by atoms with E-state index in [1.807, 2.05) is 0 Å². The molecular formula is C15H17Cl3N2O4. The van der Waals surface area contributed by atoms with Crippen LogP contribution in [-0.2, 0) is 4.74 Å². The van der Waals surface area contributed by atoms with Crippen molar-refractivity contribution in [2.75, 3.05) is 19.8 Å². The fourth-order valence-corrected chi connectivity index (χ4v) is 2.78. The molecule has 132 valence electrons. The van der Waals surface area contributed by atoms with E-state index in [1.165, 1.54) is 4.90 Å². The number of nitrogens with one attached hydrogen (secondary N) is 1. The summed E-state index contributed by atoms with van der Waals surface area (Å²) in [5.74, 6) is -0.288. The quantitative estimate of drug-likeness (QED) is 0.768. The van der Waals surface area contributed by atoms with Gasteiger partial charge in [-0.15, -0.1) is 0 Å². The molecular weight excluding hydrogens is 379 g/mol. The molecule has 2 N–H and O–H groups in total. The molecule has 24 heavy (non-hydrogen) atoms. The number of alkyl halides is 3. The zero-order chi connectivity index (χ0) is 17.8. The van der Waals surface area contributed by atoms with Gasteiger partial charge in [0.1, 0.15) is 12.3 Å². The third-order valence-electron chi connectivity index (χ3n) is 3.72. The van der Waals surface area contributed by atoms with Crippen LogP contribution in [0.1, 0.15) is 23.2 Å². The Labute approximate surface area is 154 Å². The third kappa shape index (κ3) is 4.66. The summed E-state index contributed by atoms with van der Waals surface area (Å²) in [6, 6.07) is 8.62. The summed E-state index contributed by atoms with van der Waals surface area (Å²) in [5.41, 5.74) is -0.772. The first-order chi connectivity index (χ1) is 11.3. The van der Waals surface area contributed by atoms with E-state index in [0.717, 1.165) is 0 Å². The Morgan fingerprint density at radius 3 is 2.54 bits per heavy atom. The number of hydrogen-bond donors (Lipinski definition) is 2. The van der Waals surface area contributed by atoms with E-state index in [0.29, 0.717) is 24.9 Å². The first-order valence-electron chi connectivity index (χ1n) is 7.27. The van der Waals surface area contributed by atoms with Crippen molar-refractivity contribution in [1.29, 1.82) is 0 Å². The Morgan fingerprint density at radius 2 is 1.96 bits per heavy atom. The summed E-state index contributed by atoms with van der Waals surface area (Å²) in [6.45, 7) is -0.495. The Morgan fingerprint density at radius 1 is 1.29 bits per heavy atom. The molecule has 0 radical (unpaired) electrons. The monoisotopic (exact) mass is 394 g/mol. The smallest absolute Gasteiger partial charge is 0.409 e. The first-order valence-corrected chi connectivity index (χ1v) is 8.40. The van der Waals surface area contributed by atoms with Gasteiger partial charge in [0.05, 0.1) is 6.61 Å². The van der Waals surface area contributed by atoms with Gasteiger partial charge in [0.15, 0.2) is 0 Å². The number of carbonyl (C=O) groups is 2. The van der Waals surface area contributed by atoms with E-state index in [4.69, 9.17) is 39.5 Å². The van der Waals surface area contributed by atoms with Crippen LogP contribution in [0.2, 0.25) is 0 Å². The van der Waals surface area contributed by atoms with Gasteiger partial charge in [-0.1, -0.05) is 53.0 Å². The van der Waals surface area contributed by atoms with Crippen LogP contribution in [0, 0.1) is 0 Å². The van der Waals surface area contributed by atoms with Gasteiger partial charge in [-0.05, 0) is 25.0 Å². The molecule has 2 amide bonds. The van der Waals surface area contributed by atoms with Crippen LogP contribution in [0.3, 0.4) is 0 Å². The van der Waals surface area contributed by atoms with Crippen LogP contribution >= 0.6 is 34.8 Å². The molecule has 1 saturated heterocycles. The lowest BCUT2D eigenvalue weighted by Crippen LogP contribution is -2.61. The maximum atomic E-state index is 12.7. The number of aliphatic hydroxyl groups is 1. The van der Waals surface area contributed by atoms with Crippen LogP contribution < -0.4 is 5.32 Å². The van der Waals surface area contributed by atoms with Crippen LogP contribution in [0.4, 0.5) is 4.79 Å². The Bertz CT molecular complexity index is 594. The molecule has 1 heterocycles. The molecule has 0 saturated carbocycles. The minimum absolute atomic E-state index is 0.288. The predicted octanol–water partition coefficient (Wildman–Crippen LogP) is 2.71. The lowest BCUT2D eigenvalue weighted by atomic mass is 10.1. The number of likely N-dealkylation sites (tertiary alicyclic amines) is 1. The number of rotatable bonds is 4. The topological polar surface area (TPSA) is 78.9 Å². The maximum Gasteiger partial charge on any atom is 0.409 e. The Hall–Kier alpha value is -1.21. The number of carbonyl (C=O) groups excluding carboxylic acids is 2. The summed E-state index contributed by atoms with van der Waals surface area (Å²) in [7, 11) is 0. The minimum Gasteiger partial charge on any atom is -0.445 e. The van der Waals surface area contributed by atoms with E-state index in [2.05, 4.69) is 5.32 Å². The van der Waals surface area contributed by atoms with Crippen molar-refractivity contribution < 1.29 is 19.4 Å². The largest absolute Gasteiger partial charge is 0.445 e. The summed E-state index contributed by atoms with van der Waals surface area (Å²) >= 11 is 16.6. The van der Waals surface area contributed by atoms with E-state index >= 15 is 0 Å². The third-order valence-corrected chi connectivity index (χ3v) is 4.05. The standard InChI is InChI=1S/C15H17Cl3N2O4/c16-15(17,18)10-24-13(23)19-14(9-21)7-4-8-20(14)12(22)11-5-2-1-3-6-11/h1-3,5-6,21H,4,7-10H2,(H,19,23). The molecule has 1 atom stereocenters. The molecule has 1 aliphatic rings. The summed E-state index contributed by atoms with van der Waals surface area (Å²) in [4.78, 5) is 26.1. The second-order valence-corrected chi connectivity index (χ2v) is 7.95. The van der Waals surface area contributed by atoms with Crippen molar-refractivity contribution in [3.63, 3.8) is 0 Å². The van der Waals surface area contributed by atoms with Crippen molar-refractivity contribution in [2.45, 2.75) is 22.3 Å². The van der Waals surface area contributed by atoms with Gasteiger partial charge in [0.2, 0.25) is 3.79 Å². The number of benzene rings is 1. The van der Waals surface area contributed by atoms with Gasteiger partial charge in [-0.3, -0.25) is 10.1 Å². The van der Waals surface area contributed by atoms with Gasteiger partial charge < -0.3 is 14.7 Å². The summed E-state index contributed by atoms with van der Waals surface area (Å²) in [5, 5.41) is 12.4. The fraction of sp³-hybridized carbons (Fsp3) is 0.467. The molecule has 0 aliphatic carbocycles. The second-order valence-electron chi connectivity index (χ2n) is 5.43. The second kappa shape index (κ2) is 7.78. The van der Waals surface area contributed by atoms with E-state index < -0.39 is 28.8 Å². The minimum atomic E-state index is -1.74. The van der Waals surface area contributed by atoms with E-state index in [1.54, 1.807) is 30.3 Å². The number of hydrogen-bond acceptors (Lipinski definition) is 4. The van der Waals surface area contributed by atoms with Gasteiger partial charge in [0.25, 0.3) is 5.91 Å². The number of aliphatic hydroxyl groups excluding tert-OH is 1. The predicted molar refractivity (Wildman–Crippen MR) is 91.3 cm³/mol. The van der Waals surface area contributed by atoms with Gasteiger partial charge >= 0.3 is 6.09 Å². The van der Waals surface area contributed by atoms with Crippen molar-refractivity contribution in [3.8, 4) is 0 Å².